The lowest BCUT2D eigenvalue weighted by molar-refractivity contribution is -0.578. The number of pyridine rings is 1. The van der Waals surface area contributed by atoms with E-state index in [4.69, 9.17) is 35.4 Å². The van der Waals surface area contributed by atoms with E-state index in [-0.39, 0.29) is 11.2 Å². The van der Waals surface area contributed by atoms with E-state index in [1.807, 2.05) is 24.5 Å². The van der Waals surface area contributed by atoms with Crippen LogP contribution in [0.2, 0.25) is 10.0 Å². The van der Waals surface area contributed by atoms with Crippen molar-refractivity contribution in [3.63, 3.8) is 0 Å². The Bertz CT molecular complexity index is 884. The summed E-state index contributed by atoms with van der Waals surface area (Å²) in [7, 11) is 0. The molecule has 1 N–H and O–H groups in total. The van der Waals surface area contributed by atoms with Gasteiger partial charge in [0.15, 0.2) is 17.4 Å². The second-order valence-corrected chi connectivity index (χ2v) is 8.27. The number of thiocarbonyl (C=S) groups is 1. The summed E-state index contributed by atoms with van der Waals surface area (Å²) in [5.41, 5.74) is 1.92. The summed E-state index contributed by atoms with van der Waals surface area (Å²) in [5.74, 6) is -0.247. The number of benzene rings is 1. The SMILES string of the molecule is C=CCNC(=S)/C(=C(\[O-])c1ccc(Cl)c(Cl)c1)[n+]1ccc(C(C)(C)C)cc1. The van der Waals surface area contributed by atoms with Crippen LogP contribution < -0.4 is 15.0 Å². The summed E-state index contributed by atoms with van der Waals surface area (Å²) in [6, 6.07) is 8.75. The molecule has 0 bridgehead atoms. The molecule has 2 rings (SSSR count). The maximum Gasteiger partial charge on any atom is 0.237 e. The highest BCUT2D eigenvalue weighted by Gasteiger charge is 2.21. The number of hydrogen-bond donors (Lipinski definition) is 1. The van der Waals surface area contributed by atoms with Gasteiger partial charge in [-0.05, 0) is 34.4 Å². The van der Waals surface area contributed by atoms with Crippen molar-refractivity contribution < 1.29 is 9.67 Å². The molecule has 0 aliphatic heterocycles. The molecule has 0 saturated carbocycles. The molecule has 0 spiro atoms. The number of hydrogen-bond acceptors (Lipinski definition) is 2. The molecule has 27 heavy (non-hydrogen) atoms. The van der Waals surface area contributed by atoms with Gasteiger partial charge in [0.25, 0.3) is 0 Å². The van der Waals surface area contributed by atoms with Gasteiger partial charge in [-0.15, -0.1) is 6.58 Å². The third-order valence-corrected chi connectivity index (χ3v) is 5.05. The maximum atomic E-state index is 13.2. The van der Waals surface area contributed by atoms with E-state index in [0.29, 0.717) is 32.8 Å². The van der Waals surface area contributed by atoms with E-state index >= 15 is 0 Å². The highest BCUT2D eigenvalue weighted by molar-refractivity contribution is 7.81. The topological polar surface area (TPSA) is 39.0 Å². The number of rotatable bonds is 5. The molecule has 0 radical (unpaired) electrons. The van der Waals surface area contributed by atoms with Crippen molar-refractivity contribution in [2.45, 2.75) is 26.2 Å². The first-order chi connectivity index (χ1) is 12.6. The fourth-order valence-corrected chi connectivity index (χ4v) is 3.02. The Labute approximate surface area is 175 Å². The Morgan fingerprint density at radius 2 is 1.81 bits per heavy atom. The monoisotopic (exact) mass is 420 g/mol. The molecule has 6 heteroatoms. The quantitative estimate of drug-likeness (QED) is 0.256. The molecule has 0 saturated heterocycles. The van der Waals surface area contributed by atoms with Crippen molar-refractivity contribution in [3.8, 4) is 0 Å². The average Bonchev–Trinajstić information content (AvgIpc) is 2.62. The van der Waals surface area contributed by atoms with Crippen LogP contribution in [0.3, 0.4) is 0 Å². The van der Waals surface area contributed by atoms with Crippen LogP contribution in [0.1, 0.15) is 31.9 Å². The number of aromatic nitrogens is 1. The molecule has 0 aliphatic carbocycles. The second kappa shape index (κ2) is 8.87. The normalized spacial score (nSPS) is 12.3. The molecule has 0 amide bonds. The predicted molar refractivity (Wildman–Crippen MR) is 116 cm³/mol. The van der Waals surface area contributed by atoms with Crippen LogP contribution in [0, 0.1) is 0 Å². The summed E-state index contributed by atoms with van der Waals surface area (Å²) in [4.78, 5) is 0.333. The lowest BCUT2D eigenvalue weighted by atomic mass is 9.88. The van der Waals surface area contributed by atoms with Crippen molar-refractivity contribution in [2.75, 3.05) is 6.54 Å². The van der Waals surface area contributed by atoms with Gasteiger partial charge in [0.2, 0.25) is 5.70 Å². The average molecular weight is 421 g/mol. The minimum Gasteiger partial charge on any atom is -0.867 e. The minimum atomic E-state index is -0.247. The van der Waals surface area contributed by atoms with Gasteiger partial charge in [-0.2, -0.15) is 4.57 Å². The van der Waals surface area contributed by atoms with Gasteiger partial charge in [-0.1, -0.05) is 68.3 Å². The summed E-state index contributed by atoms with van der Waals surface area (Å²) in [6.45, 7) is 10.5. The summed E-state index contributed by atoms with van der Waals surface area (Å²) in [6.07, 6.45) is 5.36. The predicted octanol–water partition coefficient (Wildman–Crippen LogP) is 4.37. The molecule has 2 aromatic rings. The first-order valence-corrected chi connectivity index (χ1v) is 9.59. The Morgan fingerprint density at radius 3 is 2.33 bits per heavy atom. The lowest BCUT2D eigenvalue weighted by Gasteiger charge is -2.19. The number of halogens is 2. The van der Waals surface area contributed by atoms with Crippen molar-refractivity contribution >= 4 is 51.9 Å². The van der Waals surface area contributed by atoms with E-state index in [1.54, 1.807) is 28.8 Å². The van der Waals surface area contributed by atoms with E-state index in [2.05, 4.69) is 32.7 Å². The smallest absolute Gasteiger partial charge is 0.237 e. The molecule has 0 unspecified atom stereocenters. The second-order valence-electron chi connectivity index (χ2n) is 7.05. The van der Waals surface area contributed by atoms with E-state index in [9.17, 15) is 5.11 Å². The van der Waals surface area contributed by atoms with E-state index < -0.39 is 0 Å². The van der Waals surface area contributed by atoms with Crippen LogP contribution in [-0.2, 0) is 5.41 Å². The summed E-state index contributed by atoms with van der Waals surface area (Å²) in [5, 5.41) is 16.9. The van der Waals surface area contributed by atoms with Crippen LogP contribution >= 0.6 is 35.4 Å². The summed E-state index contributed by atoms with van der Waals surface area (Å²) < 4.78 is 1.72. The highest BCUT2D eigenvalue weighted by Crippen LogP contribution is 2.26. The highest BCUT2D eigenvalue weighted by atomic mass is 35.5. The molecule has 0 aliphatic rings. The van der Waals surface area contributed by atoms with E-state index in [1.165, 1.54) is 0 Å². The third-order valence-electron chi connectivity index (χ3n) is 3.97. The third kappa shape index (κ3) is 5.32. The fraction of sp³-hybridized carbons (Fsp3) is 0.238. The summed E-state index contributed by atoms with van der Waals surface area (Å²) >= 11 is 17.5. The first kappa shape index (κ1) is 21.4. The largest absolute Gasteiger partial charge is 0.867 e. The van der Waals surface area contributed by atoms with Crippen molar-refractivity contribution in [1.29, 1.82) is 0 Å². The van der Waals surface area contributed by atoms with Crippen molar-refractivity contribution in [1.82, 2.24) is 5.32 Å². The molecule has 3 nitrogen and oxygen atoms in total. The Hall–Kier alpha value is -1.88. The number of nitrogens with zero attached hydrogens (tertiary/aromatic N) is 1. The van der Waals surface area contributed by atoms with Crippen LogP contribution in [-0.4, -0.2) is 11.5 Å². The van der Waals surface area contributed by atoms with Gasteiger partial charge >= 0.3 is 0 Å². The molecular weight excluding hydrogens is 399 g/mol. The van der Waals surface area contributed by atoms with Crippen LogP contribution in [0.25, 0.3) is 11.5 Å². The zero-order chi connectivity index (χ0) is 20.2. The van der Waals surface area contributed by atoms with Gasteiger partial charge in [-0.3, -0.25) is 0 Å². The van der Waals surface area contributed by atoms with Gasteiger partial charge in [0.05, 0.1) is 10.0 Å². The van der Waals surface area contributed by atoms with Crippen molar-refractivity contribution in [3.05, 3.63) is 76.6 Å². The van der Waals surface area contributed by atoms with Gasteiger partial charge < -0.3 is 10.4 Å². The zero-order valence-electron chi connectivity index (χ0n) is 15.6. The maximum absolute atomic E-state index is 13.2. The molecule has 1 aromatic carbocycles. The fourth-order valence-electron chi connectivity index (χ4n) is 2.44. The molecule has 0 atom stereocenters. The van der Waals surface area contributed by atoms with Gasteiger partial charge in [0.1, 0.15) is 0 Å². The Kier molecular flexibility index (Phi) is 7.04. The molecule has 142 valence electrons. The number of nitrogens with one attached hydrogen (secondary N) is 1. The first-order valence-electron chi connectivity index (χ1n) is 8.43. The Morgan fingerprint density at radius 1 is 1.19 bits per heavy atom. The minimum absolute atomic E-state index is 0.00850. The van der Waals surface area contributed by atoms with Crippen molar-refractivity contribution in [2.24, 2.45) is 0 Å². The van der Waals surface area contributed by atoms with Gasteiger partial charge in [0, 0.05) is 18.7 Å². The van der Waals surface area contributed by atoms with Crippen LogP contribution in [0.5, 0.6) is 0 Å². The Balaban J connectivity index is 2.58. The van der Waals surface area contributed by atoms with Crippen LogP contribution in [0.15, 0.2) is 55.4 Å². The molecule has 1 heterocycles. The lowest BCUT2D eigenvalue weighted by Crippen LogP contribution is -2.42. The molecule has 1 aromatic heterocycles. The zero-order valence-corrected chi connectivity index (χ0v) is 17.9. The van der Waals surface area contributed by atoms with Crippen LogP contribution in [0.4, 0.5) is 0 Å². The molecular formula is C21H22Cl2N2OS. The van der Waals surface area contributed by atoms with Gasteiger partial charge in [-0.25, -0.2) is 0 Å². The standard InChI is InChI=1S/C21H22Cl2N2OS/c1-5-10-24-20(27)18(19(26)14-6-7-16(22)17(23)13-14)25-11-8-15(9-12-25)21(2,3)4/h5-9,11-13H,1,10H2,2-4H3,(H-,24,26,27). The van der Waals surface area contributed by atoms with E-state index in [0.717, 1.165) is 5.56 Å². The molecule has 0 fully saturated rings.